The maximum Gasteiger partial charge on any atom is 0.175 e. The molecule has 0 saturated carbocycles. The van der Waals surface area contributed by atoms with Crippen molar-refractivity contribution in [2.24, 2.45) is 5.73 Å². The van der Waals surface area contributed by atoms with Crippen LogP contribution in [0.4, 0.5) is 0 Å². The van der Waals surface area contributed by atoms with E-state index in [1.807, 2.05) is 0 Å². The number of hydrogen-bond acceptors (Lipinski definition) is 3. The van der Waals surface area contributed by atoms with E-state index in [-0.39, 0.29) is 0 Å². The van der Waals surface area contributed by atoms with E-state index in [1.165, 1.54) is 11.1 Å². The Labute approximate surface area is 110 Å². The molecule has 94 valence electrons. The lowest BCUT2D eigenvalue weighted by atomic mass is 9.99. The largest absolute Gasteiger partial charge is 0.486 e. The molecular weight excluding hydrogens is 282 g/mol. The Bertz CT molecular complexity index is 407. The highest BCUT2D eigenvalue weighted by Crippen LogP contribution is 2.42. The molecule has 4 heteroatoms. The average molecular weight is 300 g/mol. The molecule has 2 rings (SSSR count). The molecule has 1 aromatic carbocycles. The van der Waals surface area contributed by atoms with Crippen molar-refractivity contribution in [3.8, 4) is 11.5 Å². The summed E-state index contributed by atoms with van der Waals surface area (Å²) >= 11 is 3.63. The molecule has 0 aliphatic carbocycles. The molecule has 0 bridgehead atoms. The van der Waals surface area contributed by atoms with Gasteiger partial charge >= 0.3 is 0 Å². The van der Waals surface area contributed by atoms with Crippen LogP contribution in [0.25, 0.3) is 0 Å². The van der Waals surface area contributed by atoms with Crippen molar-refractivity contribution < 1.29 is 9.47 Å². The minimum Gasteiger partial charge on any atom is -0.486 e. The molecule has 17 heavy (non-hydrogen) atoms. The topological polar surface area (TPSA) is 44.5 Å². The third-order valence-corrected chi connectivity index (χ3v) is 3.81. The van der Waals surface area contributed by atoms with Crippen molar-refractivity contribution in [3.63, 3.8) is 0 Å². The molecule has 3 nitrogen and oxygen atoms in total. The fraction of sp³-hybridized carbons (Fsp3) is 0.538. The first-order valence-corrected chi connectivity index (χ1v) is 6.87. The minimum absolute atomic E-state index is 0.622. The van der Waals surface area contributed by atoms with Crippen molar-refractivity contribution >= 4 is 15.9 Å². The summed E-state index contributed by atoms with van der Waals surface area (Å²) in [6.45, 7) is 4.12. The van der Waals surface area contributed by atoms with E-state index in [1.54, 1.807) is 0 Å². The fourth-order valence-electron chi connectivity index (χ4n) is 2.13. The average Bonchev–Trinajstić information content (AvgIpc) is 2.36. The zero-order chi connectivity index (χ0) is 12.3. The van der Waals surface area contributed by atoms with E-state index in [9.17, 15) is 0 Å². The van der Waals surface area contributed by atoms with E-state index in [0.29, 0.717) is 13.2 Å². The monoisotopic (exact) mass is 299 g/mol. The summed E-state index contributed by atoms with van der Waals surface area (Å²) < 4.78 is 12.3. The Balaban J connectivity index is 2.40. The van der Waals surface area contributed by atoms with Crippen LogP contribution in [0, 0.1) is 0 Å². The summed E-state index contributed by atoms with van der Waals surface area (Å²) in [5, 5.41) is 0. The second kappa shape index (κ2) is 5.74. The number of aryl methyl sites for hydroxylation is 1. The van der Waals surface area contributed by atoms with Gasteiger partial charge in [-0.25, -0.2) is 0 Å². The Morgan fingerprint density at radius 3 is 2.82 bits per heavy atom. The fourth-order valence-corrected chi connectivity index (χ4v) is 2.98. The van der Waals surface area contributed by atoms with Gasteiger partial charge in [-0.2, -0.15) is 0 Å². The molecule has 0 amide bonds. The number of ether oxygens (including phenoxy) is 2. The molecule has 1 aliphatic rings. The second-order valence-corrected chi connectivity index (χ2v) is 4.89. The van der Waals surface area contributed by atoms with Gasteiger partial charge in [0.2, 0.25) is 0 Å². The second-order valence-electron chi connectivity index (χ2n) is 4.10. The summed E-state index contributed by atoms with van der Waals surface area (Å²) in [5.74, 6) is 1.71. The molecule has 0 radical (unpaired) electrons. The quantitative estimate of drug-likeness (QED) is 0.930. The Hall–Kier alpha value is -0.740. The highest BCUT2D eigenvalue weighted by Gasteiger charge is 2.20. The summed E-state index contributed by atoms with van der Waals surface area (Å²) in [4.78, 5) is 0. The van der Waals surface area contributed by atoms with Crippen molar-refractivity contribution in [3.05, 3.63) is 21.7 Å². The predicted octanol–water partition coefficient (Wildman–Crippen LogP) is 2.67. The van der Waals surface area contributed by atoms with Gasteiger partial charge in [-0.1, -0.05) is 6.92 Å². The summed E-state index contributed by atoms with van der Waals surface area (Å²) in [6, 6.07) is 2.10. The smallest absolute Gasteiger partial charge is 0.175 e. The maximum atomic E-state index is 5.66. The van der Waals surface area contributed by atoms with Gasteiger partial charge < -0.3 is 15.2 Å². The lowest BCUT2D eigenvalue weighted by Gasteiger charge is -2.23. The van der Waals surface area contributed by atoms with Crippen LogP contribution in [0.15, 0.2) is 10.5 Å². The highest BCUT2D eigenvalue weighted by molar-refractivity contribution is 9.10. The van der Waals surface area contributed by atoms with Crippen LogP contribution in [-0.2, 0) is 12.8 Å². The first-order chi connectivity index (χ1) is 8.27. The Morgan fingerprint density at radius 1 is 1.35 bits per heavy atom. The van der Waals surface area contributed by atoms with Crippen molar-refractivity contribution in [2.45, 2.75) is 26.2 Å². The van der Waals surface area contributed by atoms with Gasteiger partial charge in [0.25, 0.3) is 0 Å². The van der Waals surface area contributed by atoms with Gasteiger partial charge in [0, 0.05) is 0 Å². The normalized spacial score (nSPS) is 13.8. The molecule has 1 aromatic rings. The van der Waals surface area contributed by atoms with E-state index >= 15 is 0 Å². The van der Waals surface area contributed by atoms with Gasteiger partial charge in [0.1, 0.15) is 13.2 Å². The van der Waals surface area contributed by atoms with Gasteiger partial charge in [-0.05, 0) is 58.9 Å². The Kier molecular flexibility index (Phi) is 4.29. The van der Waals surface area contributed by atoms with Gasteiger partial charge in [-0.15, -0.1) is 0 Å². The molecule has 0 atom stereocenters. The summed E-state index contributed by atoms with van der Waals surface area (Å²) in [5.41, 5.74) is 8.20. The lowest BCUT2D eigenvalue weighted by molar-refractivity contribution is 0.170. The molecule has 1 heterocycles. The molecule has 0 unspecified atom stereocenters. The van der Waals surface area contributed by atoms with Crippen LogP contribution in [-0.4, -0.2) is 19.8 Å². The lowest BCUT2D eigenvalue weighted by Crippen LogP contribution is -2.17. The van der Waals surface area contributed by atoms with E-state index in [4.69, 9.17) is 15.2 Å². The number of nitrogens with two attached hydrogens (primary N) is 1. The van der Waals surface area contributed by atoms with Gasteiger partial charge in [0.05, 0.1) is 4.47 Å². The van der Waals surface area contributed by atoms with Crippen LogP contribution in [0.1, 0.15) is 24.5 Å². The van der Waals surface area contributed by atoms with Crippen LogP contribution in [0.3, 0.4) is 0 Å². The third kappa shape index (κ3) is 2.58. The van der Waals surface area contributed by atoms with Crippen LogP contribution in [0.5, 0.6) is 11.5 Å². The van der Waals surface area contributed by atoms with Crippen molar-refractivity contribution in [1.82, 2.24) is 0 Å². The van der Waals surface area contributed by atoms with Gasteiger partial charge in [0.15, 0.2) is 11.5 Å². The summed E-state index contributed by atoms with van der Waals surface area (Å²) in [6.07, 6.45) is 2.98. The molecule has 0 spiro atoms. The zero-order valence-electron chi connectivity index (χ0n) is 10.1. The first-order valence-electron chi connectivity index (χ1n) is 6.07. The van der Waals surface area contributed by atoms with Crippen LogP contribution < -0.4 is 15.2 Å². The van der Waals surface area contributed by atoms with E-state index in [0.717, 1.165) is 41.8 Å². The van der Waals surface area contributed by atoms with E-state index in [2.05, 4.69) is 28.9 Å². The number of fused-ring (bicyclic) bond motifs is 1. The number of benzene rings is 1. The number of rotatable bonds is 4. The SMILES string of the molecule is CCc1c(CCCN)cc2c(c1Br)OCCO2. The van der Waals surface area contributed by atoms with Crippen LogP contribution in [0.2, 0.25) is 0 Å². The highest BCUT2D eigenvalue weighted by atomic mass is 79.9. The first kappa shape index (κ1) is 12.7. The van der Waals surface area contributed by atoms with Crippen molar-refractivity contribution in [2.75, 3.05) is 19.8 Å². The number of halogens is 1. The van der Waals surface area contributed by atoms with Crippen LogP contribution >= 0.6 is 15.9 Å². The van der Waals surface area contributed by atoms with Crippen molar-refractivity contribution in [1.29, 1.82) is 0 Å². The molecule has 1 aliphatic heterocycles. The van der Waals surface area contributed by atoms with E-state index < -0.39 is 0 Å². The molecule has 0 aromatic heterocycles. The molecule has 0 saturated heterocycles. The number of hydrogen-bond donors (Lipinski definition) is 1. The zero-order valence-corrected chi connectivity index (χ0v) is 11.7. The maximum absolute atomic E-state index is 5.66. The standard InChI is InChI=1S/C13H18BrNO2/c1-2-10-9(4-3-5-15)8-11-13(12(10)14)17-7-6-16-11/h8H,2-7,15H2,1H3. The molecule has 2 N–H and O–H groups in total. The Morgan fingerprint density at radius 2 is 2.12 bits per heavy atom. The third-order valence-electron chi connectivity index (χ3n) is 2.97. The molecule has 0 fully saturated rings. The summed E-state index contributed by atoms with van der Waals surface area (Å²) in [7, 11) is 0. The predicted molar refractivity (Wildman–Crippen MR) is 71.9 cm³/mol. The van der Waals surface area contributed by atoms with Gasteiger partial charge in [-0.3, -0.25) is 0 Å². The molecular formula is C13H18BrNO2. The minimum atomic E-state index is 0.622.